The molecule has 634 valence electrons. The highest BCUT2D eigenvalue weighted by Gasteiger charge is 2.25. The maximum Gasteiger partial charge on any atom is 0.147 e. The molecule has 10 aromatic rings. The fraction of sp³-hybridized carbons (Fsp3) is 0.510. The summed E-state index contributed by atoms with van der Waals surface area (Å²) in [6.45, 7) is 63.2. The summed E-state index contributed by atoms with van der Waals surface area (Å²) in [6, 6.07) is 44.0. The number of hydrogen-bond donors (Lipinski definition) is 1. The van der Waals surface area contributed by atoms with Gasteiger partial charge in [0.15, 0.2) is 0 Å². The first-order valence-electron chi connectivity index (χ1n) is 42.3. The van der Waals surface area contributed by atoms with Crippen molar-refractivity contribution in [3.63, 3.8) is 0 Å². The molecule has 0 aliphatic carbocycles. The molecule has 0 amide bonds. The number of rotatable bonds is 18. The van der Waals surface area contributed by atoms with Crippen molar-refractivity contribution in [2.45, 2.75) is 236 Å². The van der Waals surface area contributed by atoms with E-state index in [1.165, 1.54) is 25.3 Å². The maximum absolute atomic E-state index is 12.0. The molecule has 0 atom stereocenters. The quantitative estimate of drug-likeness (QED) is 0.0635. The van der Waals surface area contributed by atoms with Gasteiger partial charge in [-0.25, -0.2) is 9.67 Å². The monoisotopic (exact) mass is 1600 g/mol. The molecule has 1 saturated heterocycles. The Kier molecular flexibility index (Phi) is 37.8. The zero-order valence-corrected chi connectivity index (χ0v) is 76.3. The molecule has 0 radical (unpaired) electrons. The largest absolute Gasteiger partial charge is 0.493 e. The van der Waals surface area contributed by atoms with Crippen LogP contribution >= 0.6 is 0 Å². The fourth-order valence-electron chi connectivity index (χ4n) is 12.4. The summed E-state index contributed by atoms with van der Waals surface area (Å²) >= 11 is 0. The van der Waals surface area contributed by atoms with Crippen LogP contribution in [0.15, 0.2) is 171 Å². The van der Waals surface area contributed by atoms with E-state index in [2.05, 4.69) is 243 Å². The van der Waals surface area contributed by atoms with Gasteiger partial charge in [0, 0.05) is 165 Å². The van der Waals surface area contributed by atoms with Gasteiger partial charge < -0.3 is 24.2 Å². The van der Waals surface area contributed by atoms with Gasteiger partial charge in [0.1, 0.15) is 34.7 Å². The van der Waals surface area contributed by atoms with Crippen molar-refractivity contribution < 1.29 is 24.1 Å². The predicted octanol–water partition coefficient (Wildman–Crippen LogP) is 22.6. The van der Waals surface area contributed by atoms with Crippen LogP contribution in [0.4, 0.5) is 5.69 Å². The van der Waals surface area contributed by atoms with Crippen molar-refractivity contribution in [1.29, 1.82) is 0 Å². The number of piperazine rings is 1. The topological polar surface area (TPSA) is 170 Å². The third-order valence-corrected chi connectivity index (χ3v) is 18.0. The second kappa shape index (κ2) is 46.0. The van der Waals surface area contributed by atoms with Gasteiger partial charge in [-0.3, -0.25) is 39.5 Å². The molecular formula is C102H141N11O5. The summed E-state index contributed by atoms with van der Waals surface area (Å²) in [4.78, 5) is 45.2. The molecule has 4 aromatic carbocycles. The average molecular weight is 1600 g/mol. The third kappa shape index (κ3) is 41.6. The number of Topliss-reactive ketones (excluding diaryl/α,β-unsaturated/α-hetero) is 1. The van der Waals surface area contributed by atoms with Gasteiger partial charge in [0.2, 0.25) is 0 Å². The molecule has 0 bridgehead atoms. The Morgan fingerprint density at radius 2 is 0.924 bits per heavy atom. The summed E-state index contributed by atoms with van der Waals surface area (Å²) in [7, 11) is 0. The number of benzene rings is 4. The van der Waals surface area contributed by atoms with Crippen LogP contribution in [0, 0.1) is 80.4 Å². The fourth-order valence-corrected chi connectivity index (χ4v) is 12.4. The highest BCUT2D eigenvalue weighted by Crippen LogP contribution is 2.29. The Hall–Kier alpha value is -9.76. The minimum absolute atomic E-state index is 0.0589. The lowest BCUT2D eigenvalue weighted by atomic mass is 9.86. The van der Waals surface area contributed by atoms with E-state index < -0.39 is 5.60 Å². The van der Waals surface area contributed by atoms with Gasteiger partial charge in [0.25, 0.3) is 0 Å². The third-order valence-electron chi connectivity index (χ3n) is 18.0. The molecule has 16 nitrogen and oxygen atoms in total. The van der Waals surface area contributed by atoms with E-state index in [0.29, 0.717) is 54.7 Å². The zero-order valence-electron chi connectivity index (χ0n) is 76.3. The lowest BCUT2D eigenvalue weighted by Crippen LogP contribution is -2.48. The van der Waals surface area contributed by atoms with Crippen molar-refractivity contribution in [1.82, 2.24) is 49.5 Å². The predicted molar refractivity (Wildman–Crippen MR) is 493 cm³/mol. The summed E-state index contributed by atoms with van der Waals surface area (Å²) < 4.78 is 19.2. The lowest BCUT2D eigenvalue weighted by molar-refractivity contribution is -0.118. The number of aryl methyl sites for hydroxylation is 1. The molecule has 1 N–H and O–H groups in total. The smallest absolute Gasteiger partial charge is 0.147 e. The van der Waals surface area contributed by atoms with Crippen LogP contribution in [-0.4, -0.2) is 132 Å². The van der Waals surface area contributed by atoms with E-state index in [0.717, 1.165) is 156 Å². The van der Waals surface area contributed by atoms with Gasteiger partial charge in [-0.15, -0.1) is 0 Å². The van der Waals surface area contributed by atoms with Crippen LogP contribution in [0.3, 0.4) is 0 Å². The SMILES string of the molecule is CC(C)(C)C#CCCOc1ccc2cccnc2c1.CC(C)(C)C#CCCOc1ccc2ncccc2c1.CC(C)(C)C#CCCOc1cccc2ncccc12.CC(C)(C)CCC(=O)Cc1ccc2cccnc2c1.CC(C)(C)CCC(C)(C)O.CC(C)(C)CN1CCN(c2ccncc2)CC1.Cc1nc2n(n1)CCN(CC(C)(C)C)C2. The van der Waals surface area contributed by atoms with E-state index in [9.17, 15) is 9.90 Å². The van der Waals surface area contributed by atoms with Crippen LogP contribution in [0.5, 0.6) is 17.2 Å². The molecule has 1 fully saturated rings. The summed E-state index contributed by atoms with van der Waals surface area (Å²) in [6.07, 6.45) is 17.2. The van der Waals surface area contributed by atoms with Crippen LogP contribution in [-0.2, 0) is 24.3 Å². The van der Waals surface area contributed by atoms with Crippen LogP contribution in [0.1, 0.15) is 221 Å². The van der Waals surface area contributed by atoms with Gasteiger partial charge in [-0.1, -0.05) is 155 Å². The number of ketones is 1. The number of anilines is 1. The maximum atomic E-state index is 12.0. The number of aromatic nitrogens is 8. The Bertz CT molecular complexity index is 4730. The van der Waals surface area contributed by atoms with E-state index in [1.54, 1.807) is 24.8 Å². The number of carbonyl (C=O) groups excluding carboxylic acids is 1. The number of ether oxygens (including phenoxy) is 3. The van der Waals surface area contributed by atoms with Crippen molar-refractivity contribution in [3.8, 4) is 52.8 Å². The Morgan fingerprint density at radius 3 is 1.46 bits per heavy atom. The number of aliphatic hydroxyl groups is 1. The highest BCUT2D eigenvalue weighted by atomic mass is 16.5. The Balaban J connectivity index is 0.000000215. The van der Waals surface area contributed by atoms with Crippen molar-refractivity contribution in [3.05, 3.63) is 188 Å². The van der Waals surface area contributed by atoms with E-state index in [4.69, 9.17) is 14.2 Å². The standard InChI is InChI=1S/C17H19NO.C17H21NO.2C17H19NO.C14H23N3.C11H20N4.C9H20O/c1-17(2,3)11-4-5-13-19-16-10-6-9-15-14(16)8-7-12-18-15;1-17(2,3)9-8-15(19)11-13-6-7-14-5-4-10-18-16(14)12-13;1-17(2,3)10-4-5-12-19-15-8-9-16-14(13-15)7-6-11-18-16;1-17(2,3)10-4-5-12-19-15-9-8-14-7-6-11-18-16(14)13-15;1-14(2,3)12-16-8-10-17(11-9-16)13-4-6-15-7-5-13;1-9-12-10-7-14(8-11(2,3)4)5-6-15(10)13-9;1-8(2,3)6-7-9(4,5)10/h6-10,12H,5,13H2,1-3H3;4-7,10,12H,8-9,11H2,1-3H3;2*6-9,11,13H,5,12H2,1-3H3;4-7H,8-12H2,1-3H3;5-8H2,1-4H3;10H,6-7H2,1-5H3. The first-order chi connectivity index (χ1) is 55.3. The van der Waals surface area contributed by atoms with Crippen molar-refractivity contribution in [2.75, 3.05) is 70.5 Å². The minimum Gasteiger partial charge on any atom is -0.493 e. The molecule has 2 aliphatic rings. The van der Waals surface area contributed by atoms with Gasteiger partial charge in [0.05, 0.1) is 60.6 Å². The van der Waals surface area contributed by atoms with Crippen molar-refractivity contribution in [2.24, 2.45) is 37.9 Å². The minimum atomic E-state index is -0.493. The number of fused-ring (bicyclic) bond motifs is 5. The van der Waals surface area contributed by atoms with Gasteiger partial charge in [-0.05, 0) is 221 Å². The Labute approximate surface area is 709 Å². The number of pyridine rings is 5. The zero-order chi connectivity index (χ0) is 86.8. The van der Waals surface area contributed by atoms with Gasteiger partial charge in [-0.2, -0.15) is 5.10 Å². The molecule has 118 heavy (non-hydrogen) atoms. The average Bonchev–Trinajstić information content (AvgIpc) is 1.84. The normalized spacial score (nSPS) is 13.2. The molecule has 12 rings (SSSR count). The second-order valence-electron chi connectivity index (χ2n) is 39.3. The summed E-state index contributed by atoms with van der Waals surface area (Å²) in [5.74, 6) is 24.0. The van der Waals surface area contributed by atoms with Crippen LogP contribution in [0.25, 0.3) is 43.6 Å². The van der Waals surface area contributed by atoms with Crippen molar-refractivity contribution >= 4 is 55.1 Å². The summed E-state index contributed by atoms with van der Waals surface area (Å²) in [5, 5.41) is 18.1. The first kappa shape index (κ1) is 97.1. The van der Waals surface area contributed by atoms with E-state index in [1.807, 2.05) is 159 Å². The van der Waals surface area contributed by atoms with Gasteiger partial charge >= 0.3 is 0 Å². The van der Waals surface area contributed by atoms with E-state index in [-0.39, 0.29) is 21.7 Å². The molecule has 8 heterocycles. The molecule has 0 spiro atoms. The number of carbonyl (C=O) groups is 1. The first-order valence-corrected chi connectivity index (χ1v) is 42.3. The number of nitrogens with zero attached hydrogens (tertiary/aromatic N) is 11. The molecule has 2 aliphatic heterocycles. The Morgan fingerprint density at radius 1 is 0.441 bits per heavy atom. The molecule has 6 aromatic heterocycles. The number of hydrogen-bond acceptors (Lipinski definition) is 15. The molecule has 0 saturated carbocycles. The summed E-state index contributed by atoms with van der Waals surface area (Å²) in [5.41, 5.74) is 7.25. The van der Waals surface area contributed by atoms with Crippen LogP contribution in [0.2, 0.25) is 0 Å². The second-order valence-corrected chi connectivity index (χ2v) is 39.3. The lowest BCUT2D eigenvalue weighted by Gasteiger charge is -2.38. The molecule has 0 unspecified atom stereocenters. The molecular weight excluding hydrogens is 1460 g/mol. The molecule has 16 heteroatoms. The highest BCUT2D eigenvalue weighted by molar-refractivity contribution is 5.86. The van der Waals surface area contributed by atoms with Crippen LogP contribution < -0.4 is 19.1 Å². The van der Waals surface area contributed by atoms with E-state index >= 15 is 0 Å².